The van der Waals surface area contributed by atoms with Gasteiger partial charge in [-0.15, -0.1) is 0 Å². The van der Waals surface area contributed by atoms with E-state index in [9.17, 15) is 13.2 Å². The van der Waals surface area contributed by atoms with Crippen LogP contribution in [0.1, 0.15) is 22.5 Å². The van der Waals surface area contributed by atoms with Crippen LogP contribution >= 0.6 is 0 Å². The van der Waals surface area contributed by atoms with Gasteiger partial charge < -0.3 is 19.9 Å². The highest BCUT2D eigenvalue weighted by molar-refractivity contribution is 5.79. The number of halogens is 3. The Morgan fingerprint density at radius 2 is 1.84 bits per heavy atom. The number of rotatable bonds is 8. The van der Waals surface area contributed by atoms with Gasteiger partial charge >= 0.3 is 6.18 Å². The van der Waals surface area contributed by atoms with E-state index in [0.29, 0.717) is 24.6 Å². The summed E-state index contributed by atoms with van der Waals surface area (Å²) in [6, 6.07) is 15.2. The Balaban J connectivity index is 1.58. The van der Waals surface area contributed by atoms with E-state index in [0.717, 1.165) is 11.4 Å². The molecule has 0 fully saturated rings. The molecule has 0 saturated carbocycles. The molecular formula is C23H26F3N5O. The maximum Gasteiger partial charge on any atom is 0.422 e. The molecule has 0 amide bonds. The lowest BCUT2D eigenvalue weighted by atomic mass is 10.1. The molecule has 9 heteroatoms. The van der Waals surface area contributed by atoms with E-state index in [1.54, 1.807) is 32.3 Å². The molecule has 1 heterocycles. The van der Waals surface area contributed by atoms with Crippen LogP contribution in [-0.2, 0) is 19.6 Å². The van der Waals surface area contributed by atoms with E-state index < -0.39 is 12.8 Å². The van der Waals surface area contributed by atoms with Crippen molar-refractivity contribution < 1.29 is 17.9 Å². The van der Waals surface area contributed by atoms with E-state index in [2.05, 4.69) is 32.7 Å². The Bertz CT molecular complexity index is 1030. The molecule has 3 aromatic rings. The number of hydrogen-bond donors (Lipinski definition) is 2. The Morgan fingerprint density at radius 3 is 2.56 bits per heavy atom. The van der Waals surface area contributed by atoms with Crippen LogP contribution < -0.4 is 15.4 Å². The first-order chi connectivity index (χ1) is 15.3. The van der Waals surface area contributed by atoms with E-state index in [-0.39, 0.29) is 12.3 Å². The Morgan fingerprint density at radius 1 is 1.09 bits per heavy atom. The van der Waals surface area contributed by atoms with Crippen LogP contribution in [-0.4, -0.2) is 35.3 Å². The second-order valence-corrected chi connectivity index (χ2v) is 7.25. The molecule has 0 spiro atoms. The minimum absolute atomic E-state index is 0.198. The van der Waals surface area contributed by atoms with Crippen LogP contribution in [0.25, 0.3) is 0 Å². The van der Waals surface area contributed by atoms with Crippen LogP contribution in [0.3, 0.4) is 0 Å². The summed E-state index contributed by atoms with van der Waals surface area (Å²) in [4.78, 5) is 8.58. The summed E-state index contributed by atoms with van der Waals surface area (Å²) < 4.78 is 44.8. The number of ether oxygens (including phenoxy) is 1. The highest BCUT2D eigenvalue weighted by atomic mass is 19.4. The standard InChI is InChI=1S/C23H26F3N5O/c1-17-8-9-19(20(12-17)32-16-23(24,25)26)13-29-22(27-2)30-14-21-28-10-11-31(21)15-18-6-4-3-5-7-18/h3-12H,13-16H2,1-2H3,(H2,27,29,30). The van der Waals surface area contributed by atoms with E-state index in [4.69, 9.17) is 4.74 Å². The topological polar surface area (TPSA) is 63.5 Å². The maximum absolute atomic E-state index is 12.6. The molecule has 32 heavy (non-hydrogen) atoms. The van der Waals surface area contributed by atoms with Gasteiger partial charge in [0, 0.05) is 38.1 Å². The Kier molecular flexibility index (Phi) is 7.75. The third-order valence-electron chi connectivity index (χ3n) is 4.70. The number of aromatic nitrogens is 2. The van der Waals surface area contributed by atoms with Gasteiger partial charge in [0.15, 0.2) is 12.6 Å². The van der Waals surface area contributed by atoms with Crippen LogP contribution in [0.5, 0.6) is 5.75 Å². The van der Waals surface area contributed by atoms with Gasteiger partial charge in [0.1, 0.15) is 11.6 Å². The number of alkyl halides is 3. The minimum Gasteiger partial charge on any atom is -0.484 e. The third-order valence-corrected chi connectivity index (χ3v) is 4.70. The van der Waals surface area contributed by atoms with Crippen molar-refractivity contribution in [3.05, 3.63) is 83.4 Å². The van der Waals surface area contributed by atoms with Gasteiger partial charge in [-0.3, -0.25) is 4.99 Å². The van der Waals surface area contributed by atoms with Crippen LogP contribution in [0, 0.1) is 6.92 Å². The van der Waals surface area contributed by atoms with Crippen molar-refractivity contribution in [2.75, 3.05) is 13.7 Å². The number of hydrogen-bond acceptors (Lipinski definition) is 3. The minimum atomic E-state index is -4.40. The van der Waals surface area contributed by atoms with Crippen molar-refractivity contribution >= 4 is 5.96 Å². The molecule has 1 aromatic heterocycles. The predicted molar refractivity (Wildman–Crippen MR) is 118 cm³/mol. The molecular weight excluding hydrogens is 419 g/mol. The molecule has 0 atom stereocenters. The number of nitrogens with one attached hydrogen (secondary N) is 2. The zero-order valence-corrected chi connectivity index (χ0v) is 18.0. The fraction of sp³-hybridized carbons (Fsp3) is 0.304. The fourth-order valence-corrected chi connectivity index (χ4v) is 3.10. The third kappa shape index (κ3) is 7.04. The Labute approximate surface area is 185 Å². The second-order valence-electron chi connectivity index (χ2n) is 7.25. The maximum atomic E-state index is 12.6. The molecule has 0 aliphatic heterocycles. The quantitative estimate of drug-likeness (QED) is 0.406. The number of aliphatic imine (C=N–C) groups is 1. The summed E-state index contributed by atoms with van der Waals surface area (Å²) in [7, 11) is 1.63. The molecule has 0 bridgehead atoms. The first-order valence-corrected chi connectivity index (χ1v) is 10.1. The molecule has 2 aromatic carbocycles. The highest BCUT2D eigenvalue weighted by Gasteiger charge is 2.28. The van der Waals surface area contributed by atoms with Gasteiger partial charge in [-0.2, -0.15) is 13.2 Å². The van der Waals surface area contributed by atoms with Crippen molar-refractivity contribution in [1.29, 1.82) is 0 Å². The Hall–Kier alpha value is -3.49. The smallest absolute Gasteiger partial charge is 0.422 e. The van der Waals surface area contributed by atoms with Gasteiger partial charge in [0.2, 0.25) is 0 Å². The van der Waals surface area contributed by atoms with Gasteiger partial charge in [-0.05, 0) is 24.1 Å². The van der Waals surface area contributed by atoms with E-state index >= 15 is 0 Å². The molecule has 170 valence electrons. The lowest BCUT2D eigenvalue weighted by molar-refractivity contribution is -0.153. The molecule has 6 nitrogen and oxygen atoms in total. The van der Waals surface area contributed by atoms with E-state index in [1.165, 1.54) is 5.56 Å². The summed E-state index contributed by atoms with van der Waals surface area (Å²) in [5.41, 5.74) is 2.59. The second kappa shape index (κ2) is 10.7. The molecule has 0 saturated heterocycles. The lowest BCUT2D eigenvalue weighted by Crippen LogP contribution is -2.37. The van der Waals surface area contributed by atoms with E-state index in [1.807, 2.05) is 35.0 Å². The predicted octanol–water partition coefficient (Wildman–Crippen LogP) is 4.05. The zero-order valence-electron chi connectivity index (χ0n) is 18.0. The highest BCUT2D eigenvalue weighted by Crippen LogP contribution is 2.23. The van der Waals surface area contributed by atoms with Gasteiger partial charge in [-0.1, -0.05) is 42.5 Å². The van der Waals surface area contributed by atoms with Crippen LogP contribution in [0.4, 0.5) is 13.2 Å². The molecule has 3 rings (SSSR count). The number of aryl methyl sites for hydroxylation is 1. The average Bonchev–Trinajstić information content (AvgIpc) is 3.20. The van der Waals surface area contributed by atoms with Crippen LogP contribution in [0.15, 0.2) is 65.9 Å². The van der Waals surface area contributed by atoms with Crippen LogP contribution in [0.2, 0.25) is 0 Å². The number of nitrogens with zero attached hydrogens (tertiary/aromatic N) is 3. The van der Waals surface area contributed by atoms with Crippen molar-refractivity contribution in [2.45, 2.75) is 32.7 Å². The first kappa shape index (κ1) is 23.2. The summed E-state index contributed by atoms with van der Waals surface area (Å²) in [5.74, 6) is 1.53. The van der Waals surface area contributed by atoms with Gasteiger partial charge in [0.05, 0.1) is 6.54 Å². The SMILES string of the molecule is CN=C(NCc1ccc(C)cc1OCC(F)(F)F)NCc1nccn1Cc1ccccc1. The monoisotopic (exact) mass is 445 g/mol. The molecule has 2 N–H and O–H groups in total. The lowest BCUT2D eigenvalue weighted by Gasteiger charge is -2.16. The molecule has 0 aliphatic carbocycles. The summed E-state index contributed by atoms with van der Waals surface area (Å²) in [6.45, 7) is 1.86. The number of benzene rings is 2. The molecule has 0 radical (unpaired) electrons. The van der Waals surface area contributed by atoms with Crippen molar-refractivity contribution in [1.82, 2.24) is 20.2 Å². The average molecular weight is 445 g/mol. The normalized spacial score (nSPS) is 12.0. The molecule has 0 aliphatic rings. The summed E-state index contributed by atoms with van der Waals surface area (Å²) in [5, 5.41) is 6.31. The van der Waals surface area contributed by atoms with Gasteiger partial charge in [0.25, 0.3) is 0 Å². The summed E-state index contributed by atoms with van der Waals surface area (Å²) in [6.07, 6.45) is -0.739. The van der Waals surface area contributed by atoms with Crippen molar-refractivity contribution in [3.63, 3.8) is 0 Å². The fourth-order valence-electron chi connectivity index (χ4n) is 3.10. The zero-order chi connectivity index (χ0) is 23.0. The molecule has 0 unspecified atom stereocenters. The first-order valence-electron chi connectivity index (χ1n) is 10.1. The van der Waals surface area contributed by atoms with Crippen molar-refractivity contribution in [2.24, 2.45) is 4.99 Å². The van der Waals surface area contributed by atoms with Crippen molar-refractivity contribution in [3.8, 4) is 5.75 Å². The number of imidazole rings is 1. The largest absolute Gasteiger partial charge is 0.484 e. The van der Waals surface area contributed by atoms with Gasteiger partial charge in [-0.25, -0.2) is 4.98 Å². The number of guanidine groups is 1. The summed E-state index contributed by atoms with van der Waals surface area (Å²) >= 11 is 0.